The summed E-state index contributed by atoms with van der Waals surface area (Å²) in [6.07, 6.45) is 3.98. The molecule has 1 aromatic rings. The normalized spacial score (nSPS) is 26.1. The molecule has 0 bridgehead atoms. The van der Waals surface area contributed by atoms with Crippen LogP contribution in [-0.4, -0.2) is 0 Å². The Morgan fingerprint density at radius 1 is 1.29 bits per heavy atom. The summed E-state index contributed by atoms with van der Waals surface area (Å²) in [6.45, 7) is 6.73. The molecule has 1 fully saturated rings. The maximum absolute atomic E-state index is 5.82. The van der Waals surface area contributed by atoms with Crippen molar-refractivity contribution < 1.29 is 0 Å². The van der Waals surface area contributed by atoms with E-state index in [9.17, 15) is 0 Å². The van der Waals surface area contributed by atoms with Crippen LogP contribution in [0.4, 0.5) is 0 Å². The van der Waals surface area contributed by atoms with Gasteiger partial charge >= 0.3 is 0 Å². The highest BCUT2D eigenvalue weighted by Gasteiger charge is 2.31. The molecule has 2 nitrogen and oxygen atoms in total. The summed E-state index contributed by atoms with van der Waals surface area (Å²) in [5.74, 6) is 7.27. The summed E-state index contributed by atoms with van der Waals surface area (Å²) in [5, 5.41) is 0. The first-order valence-corrected chi connectivity index (χ1v) is 6.67. The number of aryl methyl sites for hydroxylation is 1. The second-order valence-corrected chi connectivity index (χ2v) is 5.51. The Labute approximate surface area is 105 Å². The van der Waals surface area contributed by atoms with E-state index >= 15 is 0 Å². The van der Waals surface area contributed by atoms with Crippen molar-refractivity contribution in [2.45, 2.75) is 46.1 Å². The van der Waals surface area contributed by atoms with E-state index in [0.29, 0.717) is 12.0 Å². The Balaban J connectivity index is 2.31. The predicted octanol–water partition coefficient (Wildman–Crippen LogP) is 3.24. The SMILES string of the molecule is Cc1cccc(C(NN)C2CCCC2C)c1C. The lowest BCUT2D eigenvalue weighted by atomic mass is 9.84. The molecule has 0 saturated heterocycles. The predicted molar refractivity (Wildman–Crippen MR) is 72.5 cm³/mol. The van der Waals surface area contributed by atoms with Gasteiger partial charge < -0.3 is 0 Å². The summed E-state index contributed by atoms with van der Waals surface area (Å²) >= 11 is 0. The molecule has 0 aliphatic heterocycles. The minimum absolute atomic E-state index is 0.312. The van der Waals surface area contributed by atoms with Crippen LogP contribution in [0.1, 0.15) is 48.9 Å². The maximum atomic E-state index is 5.82. The largest absolute Gasteiger partial charge is 0.271 e. The van der Waals surface area contributed by atoms with Crippen molar-refractivity contribution in [1.82, 2.24) is 5.43 Å². The molecule has 3 unspecified atom stereocenters. The third-order valence-electron chi connectivity index (χ3n) is 4.52. The van der Waals surface area contributed by atoms with Crippen molar-refractivity contribution in [2.24, 2.45) is 17.7 Å². The minimum Gasteiger partial charge on any atom is -0.271 e. The van der Waals surface area contributed by atoms with Crippen LogP contribution in [0, 0.1) is 25.7 Å². The number of hydrazine groups is 1. The van der Waals surface area contributed by atoms with Gasteiger partial charge in [-0.1, -0.05) is 38.0 Å². The molecule has 2 heteroatoms. The zero-order valence-corrected chi connectivity index (χ0v) is 11.2. The summed E-state index contributed by atoms with van der Waals surface area (Å²) in [7, 11) is 0. The van der Waals surface area contributed by atoms with Crippen LogP contribution in [0.5, 0.6) is 0 Å². The fourth-order valence-corrected chi connectivity index (χ4v) is 3.22. The molecule has 0 heterocycles. The number of nitrogens with two attached hydrogens (primary N) is 1. The minimum atomic E-state index is 0.312. The van der Waals surface area contributed by atoms with Crippen molar-refractivity contribution in [3.8, 4) is 0 Å². The van der Waals surface area contributed by atoms with Crippen molar-refractivity contribution in [2.75, 3.05) is 0 Å². The van der Waals surface area contributed by atoms with Crippen molar-refractivity contribution in [3.05, 3.63) is 34.9 Å². The van der Waals surface area contributed by atoms with Crippen LogP contribution in [0.3, 0.4) is 0 Å². The van der Waals surface area contributed by atoms with Crippen molar-refractivity contribution >= 4 is 0 Å². The van der Waals surface area contributed by atoms with Crippen molar-refractivity contribution in [3.63, 3.8) is 0 Å². The van der Waals surface area contributed by atoms with Gasteiger partial charge in [-0.3, -0.25) is 11.3 Å². The molecule has 3 atom stereocenters. The first-order chi connectivity index (χ1) is 8.15. The Morgan fingerprint density at radius 3 is 2.65 bits per heavy atom. The molecule has 1 aliphatic carbocycles. The summed E-state index contributed by atoms with van der Waals surface area (Å²) in [5.41, 5.74) is 7.18. The van der Waals surface area contributed by atoms with Crippen molar-refractivity contribution in [1.29, 1.82) is 0 Å². The molecule has 1 aliphatic rings. The van der Waals surface area contributed by atoms with E-state index in [1.54, 1.807) is 0 Å². The van der Waals surface area contributed by atoms with Gasteiger partial charge in [0.05, 0.1) is 0 Å². The van der Waals surface area contributed by atoms with E-state index in [4.69, 9.17) is 5.84 Å². The molecular weight excluding hydrogens is 208 g/mol. The number of hydrogen-bond donors (Lipinski definition) is 2. The molecular formula is C15H24N2. The monoisotopic (exact) mass is 232 g/mol. The van der Waals surface area contributed by atoms with E-state index in [1.165, 1.54) is 36.0 Å². The van der Waals surface area contributed by atoms with Gasteiger partial charge in [-0.15, -0.1) is 0 Å². The molecule has 0 radical (unpaired) electrons. The number of rotatable bonds is 3. The average Bonchev–Trinajstić information content (AvgIpc) is 2.72. The van der Waals surface area contributed by atoms with Gasteiger partial charge in [0.15, 0.2) is 0 Å². The quantitative estimate of drug-likeness (QED) is 0.620. The first-order valence-electron chi connectivity index (χ1n) is 6.67. The van der Waals surface area contributed by atoms with E-state index in [-0.39, 0.29) is 0 Å². The first kappa shape index (κ1) is 12.6. The second-order valence-electron chi connectivity index (χ2n) is 5.51. The van der Waals surface area contributed by atoms with Crippen LogP contribution in [0.15, 0.2) is 18.2 Å². The van der Waals surface area contributed by atoms with E-state index in [1.807, 2.05) is 0 Å². The Kier molecular flexibility index (Phi) is 3.85. The smallest absolute Gasteiger partial charge is 0.0493 e. The highest BCUT2D eigenvalue weighted by atomic mass is 15.2. The van der Waals surface area contributed by atoms with Crippen LogP contribution >= 0.6 is 0 Å². The zero-order valence-electron chi connectivity index (χ0n) is 11.2. The Hall–Kier alpha value is -0.860. The topological polar surface area (TPSA) is 38.0 Å². The summed E-state index contributed by atoms with van der Waals surface area (Å²) < 4.78 is 0. The van der Waals surface area contributed by atoms with Gasteiger partial charge in [-0.05, 0) is 48.8 Å². The average molecular weight is 232 g/mol. The number of benzene rings is 1. The lowest BCUT2D eigenvalue weighted by Crippen LogP contribution is -2.35. The van der Waals surface area contributed by atoms with Crippen LogP contribution < -0.4 is 11.3 Å². The molecule has 17 heavy (non-hydrogen) atoms. The van der Waals surface area contributed by atoms with Crippen LogP contribution in [0.25, 0.3) is 0 Å². The standard InChI is InChI=1S/C15H24N2/c1-10-6-4-9-14(12(10)3)15(17-16)13-8-5-7-11(13)2/h4,6,9,11,13,15,17H,5,7-8,16H2,1-3H3. The third-order valence-corrected chi connectivity index (χ3v) is 4.52. The highest BCUT2D eigenvalue weighted by Crippen LogP contribution is 2.40. The number of hydrogen-bond acceptors (Lipinski definition) is 2. The second kappa shape index (κ2) is 5.19. The fourth-order valence-electron chi connectivity index (χ4n) is 3.22. The molecule has 0 spiro atoms. The highest BCUT2D eigenvalue weighted by molar-refractivity contribution is 5.35. The van der Waals surface area contributed by atoms with Gasteiger partial charge in [-0.2, -0.15) is 0 Å². The van der Waals surface area contributed by atoms with E-state index in [0.717, 1.165) is 5.92 Å². The van der Waals surface area contributed by atoms with E-state index in [2.05, 4.69) is 44.4 Å². The van der Waals surface area contributed by atoms with E-state index < -0.39 is 0 Å². The molecule has 1 saturated carbocycles. The number of nitrogens with one attached hydrogen (secondary N) is 1. The molecule has 94 valence electrons. The molecule has 3 N–H and O–H groups in total. The Morgan fingerprint density at radius 2 is 2.06 bits per heavy atom. The molecule has 0 aromatic heterocycles. The molecule has 0 amide bonds. The van der Waals surface area contributed by atoms with Gasteiger partial charge in [0, 0.05) is 6.04 Å². The molecule has 1 aromatic carbocycles. The van der Waals surface area contributed by atoms with Gasteiger partial charge in [0.25, 0.3) is 0 Å². The summed E-state index contributed by atoms with van der Waals surface area (Å²) in [6, 6.07) is 6.84. The Bertz CT molecular complexity index is 387. The molecule has 2 rings (SSSR count). The summed E-state index contributed by atoms with van der Waals surface area (Å²) in [4.78, 5) is 0. The van der Waals surface area contributed by atoms with Gasteiger partial charge in [0.1, 0.15) is 0 Å². The van der Waals surface area contributed by atoms with Crippen LogP contribution in [0.2, 0.25) is 0 Å². The lowest BCUT2D eigenvalue weighted by molar-refractivity contribution is 0.303. The third kappa shape index (κ3) is 2.38. The van der Waals surface area contributed by atoms with Crippen LogP contribution in [-0.2, 0) is 0 Å². The van der Waals surface area contributed by atoms with Gasteiger partial charge in [0.2, 0.25) is 0 Å². The lowest BCUT2D eigenvalue weighted by Gasteiger charge is -2.28. The van der Waals surface area contributed by atoms with Gasteiger partial charge in [-0.25, -0.2) is 0 Å². The zero-order chi connectivity index (χ0) is 12.4. The maximum Gasteiger partial charge on any atom is 0.0493 e. The fraction of sp³-hybridized carbons (Fsp3) is 0.600.